The minimum Gasteiger partial charge on any atom is -0.353 e. The first-order valence-electron chi connectivity index (χ1n) is 9.76. The molecule has 1 aliphatic rings. The van der Waals surface area contributed by atoms with Crippen molar-refractivity contribution in [1.82, 2.24) is 22.8 Å². The average molecular weight is 489 g/mol. The number of hydrogen-bond acceptors (Lipinski definition) is 8. The Kier molecular flexibility index (Phi) is 5.41. The number of anilines is 1. The second-order valence-corrected chi connectivity index (χ2v) is 10.1. The number of fused-ring (bicyclic) bond motifs is 1. The van der Waals surface area contributed by atoms with Crippen LogP contribution < -0.4 is 10.5 Å². The maximum Gasteiger partial charge on any atom is 0.271 e. The van der Waals surface area contributed by atoms with Crippen molar-refractivity contribution in [3.05, 3.63) is 70.0 Å². The smallest absolute Gasteiger partial charge is 0.271 e. The van der Waals surface area contributed by atoms with Crippen molar-refractivity contribution >= 4 is 50.2 Å². The molecule has 1 aliphatic heterocycles. The van der Waals surface area contributed by atoms with E-state index in [4.69, 9.17) is 11.6 Å². The van der Waals surface area contributed by atoms with E-state index in [0.29, 0.717) is 40.7 Å². The standard InChI is InChI=1S/C20H17ClN6O3S2/c21-14-4-6-15(7-5-14)27-19(28)9-8-18(22-27)25-10-12-26(13-11-25)32(29,30)17-3-1-2-16-20(17)24-31-23-16/h1-9H,10-13H2. The third kappa shape index (κ3) is 3.77. The van der Waals surface area contributed by atoms with Crippen LogP contribution in [-0.2, 0) is 10.0 Å². The maximum atomic E-state index is 13.2. The molecule has 0 spiro atoms. The van der Waals surface area contributed by atoms with Crippen LogP contribution in [-0.4, -0.2) is 57.4 Å². The number of benzene rings is 2. The first-order chi connectivity index (χ1) is 15.4. The monoisotopic (exact) mass is 488 g/mol. The van der Waals surface area contributed by atoms with E-state index in [1.54, 1.807) is 48.5 Å². The summed E-state index contributed by atoms with van der Waals surface area (Å²) in [7, 11) is -3.70. The summed E-state index contributed by atoms with van der Waals surface area (Å²) in [6, 6.07) is 14.9. The zero-order valence-corrected chi connectivity index (χ0v) is 19.0. The molecule has 2 aromatic heterocycles. The van der Waals surface area contributed by atoms with Crippen molar-refractivity contribution in [2.75, 3.05) is 31.1 Å². The molecule has 0 radical (unpaired) electrons. The van der Waals surface area contributed by atoms with E-state index in [1.807, 2.05) is 4.90 Å². The van der Waals surface area contributed by atoms with E-state index in [2.05, 4.69) is 13.8 Å². The number of piperazine rings is 1. The molecule has 9 nitrogen and oxygen atoms in total. The van der Waals surface area contributed by atoms with Gasteiger partial charge in [0.25, 0.3) is 5.56 Å². The van der Waals surface area contributed by atoms with E-state index < -0.39 is 10.0 Å². The maximum absolute atomic E-state index is 13.2. The van der Waals surface area contributed by atoms with Gasteiger partial charge in [-0.2, -0.15) is 17.7 Å². The van der Waals surface area contributed by atoms with Gasteiger partial charge < -0.3 is 4.90 Å². The van der Waals surface area contributed by atoms with E-state index in [9.17, 15) is 13.2 Å². The van der Waals surface area contributed by atoms with Crippen molar-refractivity contribution in [3.8, 4) is 5.69 Å². The molecular formula is C20H17ClN6O3S2. The third-order valence-electron chi connectivity index (χ3n) is 5.29. The number of rotatable bonds is 4. The highest BCUT2D eigenvalue weighted by Crippen LogP contribution is 2.26. The fourth-order valence-corrected chi connectivity index (χ4v) is 5.92. The van der Waals surface area contributed by atoms with Crippen LogP contribution in [0.5, 0.6) is 0 Å². The lowest BCUT2D eigenvalue weighted by atomic mass is 10.3. The summed E-state index contributed by atoms with van der Waals surface area (Å²) in [6.45, 7) is 1.46. The van der Waals surface area contributed by atoms with Crippen LogP contribution in [0.1, 0.15) is 0 Å². The van der Waals surface area contributed by atoms with Crippen LogP contribution in [0.4, 0.5) is 5.82 Å². The summed E-state index contributed by atoms with van der Waals surface area (Å²) in [5.74, 6) is 0.599. The number of hydrogen-bond donors (Lipinski definition) is 0. The van der Waals surface area contributed by atoms with Gasteiger partial charge in [-0.25, -0.2) is 8.42 Å². The minimum absolute atomic E-state index is 0.173. The van der Waals surface area contributed by atoms with Crippen molar-refractivity contribution in [1.29, 1.82) is 0 Å². The van der Waals surface area contributed by atoms with E-state index in [-0.39, 0.29) is 23.5 Å². The zero-order valence-electron chi connectivity index (χ0n) is 16.6. The van der Waals surface area contributed by atoms with E-state index in [0.717, 1.165) is 11.7 Å². The molecule has 1 fully saturated rings. The second kappa shape index (κ2) is 8.24. The van der Waals surface area contributed by atoms with Gasteiger partial charge in [0.05, 0.1) is 17.4 Å². The number of aromatic nitrogens is 4. The van der Waals surface area contributed by atoms with Crippen molar-refractivity contribution in [3.63, 3.8) is 0 Å². The molecule has 0 saturated carbocycles. The molecule has 0 bridgehead atoms. The van der Waals surface area contributed by atoms with E-state index >= 15 is 0 Å². The van der Waals surface area contributed by atoms with Crippen molar-refractivity contribution in [2.45, 2.75) is 4.90 Å². The summed E-state index contributed by atoms with van der Waals surface area (Å²) in [4.78, 5) is 14.5. The van der Waals surface area contributed by atoms with Crippen LogP contribution in [0.25, 0.3) is 16.7 Å². The topological polar surface area (TPSA) is 101 Å². The summed E-state index contributed by atoms with van der Waals surface area (Å²) >= 11 is 6.93. The molecular weight excluding hydrogens is 472 g/mol. The quantitative estimate of drug-likeness (QED) is 0.434. The molecule has 0 N–H and O–H groups in total. The fourth-order valence-electron chi connectivity index (χ4n) is 3.62. The predicted octanol–water partition coefficient (Wildman–Crippen LogP) is 2.40. The van der Waals surface area contributed by atoms with Gasteiger partial charge in [-0.05, 0) is 42.5 Å². The lowest BCUT2D eigenvalue weighted by Crippen LogP contribution is -2.49. The van der Waals surface area contributed by atoms with Crippen LogP contribution >= 0.6 is 23.3 Å². The molecule has 3 heterocycles. The summed E-state index contributed by atoms with van der Waals surface area (Å²) in [5.41, 5.74) is 1.31. The van der Waals surface area contributed by atoms with Gasteiger partial charge in [0.1, 0.15) is 21.7 Å². The first kappa shape index (κ1) is 21.0. The lowest BCUT2D eigenvalue weighted by Gasteiger charge is -2.34. The average Bonchev–Trinajstić information content (AvgIpc) is 3.29. The van der Waals surface area contributed by atoms with Crippen LogP contribution in [0.3, 0.4) is 0 Å². The van der Waals surface area contributed by atoms with Crippen LogP contribution in [0.15, 0.2) is 64.3 Å². The molecule has 5 rings (SSSR count). The Labute approximate surface area is 192 Å². The Morgan fingerprint density at radius 3 is 2.41 bits per heavy atom. The Morgan fingerprint density at radius 1 is 0.906 bits per heavy atom. The molecule has 1 saturated heterocycles. The molecule has 32 heavy (non-hydrogen) atoms. The zero-order chi connectivity index (χ0) is 22.3. The Hall–Kier alpha value is -2.86. The molecule has 0 atom stereocenters. The molecule has 2 aromatic carbocycles. The van der Waals surface area contributed by atoms with Gasteiger partial charge in [0.15, 0.2) is 0 Å². The second-order valence-electron chi connectivity index (χ2n) is 7.20. The highest BCUT2D eigenvalue weighted by molar-refractivity contribution is 7.89. The number of sulfonamides is 1. The predicted molar refractivity (Wildman–Crippen MR) is 123 cm³/mol. The Morgan fingerprint density at radius 2 is 1.66 bits per heavy atom. The van der Waals surface area contributed by atoms with Crippen LogP contribution in [0.2, 0.25) is 5.02 Å². The lowest BCUT2D eigenvalue weighted by molar-refractivity contribution is 0.383. The normalized spacial score (nSPS) is 15.3. The molecule has 164 valence electrons. The van der Waals surface area contributed by atoms with E-state index in [1.165, 1.54) is 15.1 Å². The number of halogens is 1. The molecule has 0 amide bonds. The minimum atomic E-state index is -3.70. The number of nitrogens with zero attached hydrogens (tertiary/aromatic N) is 6. The Bertz CT molecular complexity index is 1440. The SMILES string of the molecule is O=c1ccc(N2CCN(S(=O)(=O)c3cccc4nsnc34)CC2)nn1-c1ccc(Cl)cc1. The highest BCUT2D eigenvalue weighted by Gasteiger charge is 2.31. The van der Waals surface area contributed by atoms with Gasteiger partial charge in [0.2, 0.25) is 10.0 Å². The highest BCUT2D eigenvalue weighted by atomic mass is 35.5. The van der Waals surface area contributed by atoms with Gasteiger partial charge in [-0.3, -0.25) is 4.79 Å². The largest absolute Gasteiger partial charge is 0.353 e. The molecule has 12 heteroatoms. The van der Waals surface area contributed by atoms with Crippen molar-refractivity contribution < 1.29 is 8.42 Å². The fraction of sp³-hybridized carbons (Fsp3) is 0.200. The van der Waals surface area contributed by atoms with Gasteiger partial charge in [0, 0.05) is 37.3 Å². The third-order valence-corrected chi connectivity index (χ3v) is 8.01. The first-order valence-corrected chi connectivity index (χ1v) is 12.3. The molecule has 0 aliphatic carbocycles. The van der Waals surface area contributed by atoms with Gasteiger partial charge in [-0.1, -0.05) is 17.7 Å². The van der Waals surface area contributed by atoms with Gasteiger partial charge >= 0.3 is 0 Å². The van der Waals surface area contributed by atoms with Crippen molar-refractivity contribution in [2.24, 2.45) is 0 Å². The van der Waals surface area contributed by atoms with Gasteiger partial charge in [-0.15, -0.1) is 5.10 Å². The Balaban J connectivity index is 1.37. The molecule has 0 unspecified atom stereocenters. The van der Waals surface area contributed by atoms with Crippen LogP contribution in [0, 0.1) is 0 Å². The summed E-state index contributed by atoms with van der Waals surface area (Å²) < 4.78 is 37.5. The molecule has 4 aromatic rings. The summed E-state index contributed by atoms with van der Waals surface area (Å²) in [6.07, 6.45) is 0. The summed E-state index contributed by atoms with van der Waals surface area (Å²) in [5, 5.41) is 5.05.